The molecule has 0 radical (unpaired) electrons. The van der Waals surface area contributed by atoms with Crippen LogP contribution in [0.5, 0.6) is 0 Å². The topological polar surface area (TPSA) is 38.7 Å². The molecule has 8 aromatic rings. The SMILES string of the molecule is C1=C(c2ccccc2)c2ccccc2C2(c3ccccc31)c1ccccc1-c1ccc(-c3nc(-c4ccccc4)nc(-c4ccccc4)n3)cc12. The number of rotatable bonds is 4. The van der Waals surface area contributed by atoms with E-state index in [2.05, 4.69) is 152 Å². The van der Waals surface area contributed by atoms with E-state index < -0.39 is 5.41 Å². The van der Waals surface area contributed by atoms with Crippen molar-refractivity contribution in [1.82, 2.24) is 15.0 Å². The third-order valence-corrected chi connectivity index (χ3v) is 10.4. The third-order valence-electron chi connectivity index (χ3n) is 10.4. The molecule has 1 aromatic heterocycles. The molecule has 10 rings (SSSR count). The molecule has 3 heteroatoms. The van der Waals surface area contributed by atoms with E-state index in [9.17, 15) is 0 Å². The Morgan fingerprint density at radius 3 is 1.39 bits per heavy atom. The maximum atomic E-state index is 5.13. The zero-order valence-corrected chi connectivity index (χ0v) is 27.7. The second-order valence-corrected chi connectivity index (χ2v) is 13.2. The standard InChI is InChI=1S/C48H31N3/c1-4-16-32(17-5-1)40-30-35-22-10-13-25-41(35)48(43-27-15-12-24-38(40)43)42-26-14-11-23-37(42)39-29-28-36(31-44(39)48)47-50-45(33-18-6-2-7-19-33)49-46(51-47)34-20-8-3-9-21-34/h1-31H. The summed E-state index contributed by atoms with van der Waals surface area (Å²) in [6, 6.07) is 64.7. The van der Waals surface area contributed by atoms with E-state index in [4.69, 9.17) is 15.0 Å². The summed E-state index contributed by atoms with van der Waals surface area (Å²) in [6.07, 6.45) is 2.38. The first-order valence-electron chi connectivity index (χ1n) is 17.4. The van der Waals surface area contributed by atoms with Crippen molar-refractivity contribution in [1.29, 1.82) is 0 Å². The van der Waals surface area contributed by atoms with Crippen molar-refractivity contribution in [2.45, 2.75) is 5.41 Å². The number of fused-ring (bicyclic) bond motifs is 9. The Morgan fingerprint density at radius 1 is 0.314 bits per heavy atom. The summed E-state index contributed by atoms with van der Waals surface area (Å²) in [4.78, 5) is 15.2. The lowest BCUT2D eigenvalue weighted by atomic mass is 9.65. The zero-order chi connectivity index (χ0) is 33.8. The molecule has 2 aliphatic carbocycles. The van der Waals surface area contributed by atoms with Gasteiger partial charge in [0.2, 0.25) is 0 Å². The van der Waals surface area contributed by atoms with Crippen molar-refractivity contribution in [3.8, 4) is 45.3 Å². The van der Waals surface area contributed by atoms with E-state index in [1.165, 1.54) is 55.6 Å². The number of hydrogen-bond donors (Lipinski definition) is 0. The first-order chi connectivity index (χ1) is 25.3. The van der Waals surface area contributed by atoms with Gasteiger partial charge in [0, 0.05) is 16.7 Å². The molecule has 1 heterocycles. The fourth-order valence-electron chi connectivity index (χ4n) is 8.18. The average Bonchev–Trinajstić information content (AvgIpc) is 3.43. The molecular weight excluding hydrogens is 619 g/mol. The van der Waals surface area contributed by atoms with Crippen molar-refractivity contribution in [2.24, 2.45) is 0 Å². The van der Waals surface area contributed by atoms with Crippen LogP contribution in [0, 0.1) is 0 Å². The Hall–Kier alpha value is -6.71. The van der Waals surface area contributed by atoms with Gasteiger partial charge in [-0.15, -0.1) is 0 Å². The zero-order valence-electron chi connectivity index (χ0n) is 27.7. The number of nitrogens with zero attached hydrogens (tertiary/aromatic N) is 3. The average molecular weight is 650 g/mol. The van der Waals surface area contributed by atoms with Gasteiger partial charge in [-0.05, 0) is 67.8 Å². The first-order valence-corrected chi connectivity index (χ1v) is 17.4. The van der Waals surface area contributed by atoms with Gasteiger partial charge in [-0.3, -0.25) is 0 Å². The van der Waals surface area contributed by atoms with E-state index in [0.717, 1.165) is 16.7 Å². The monoisotopic (exact) mass is 649 g/mol. The van der Waals surface area contributed by atoms with Crippen LogP contribution in [0.15, 0.2) is 182 Å². The Balaban J connectivity index is 1.27. The molecule has 1 atom stereocenters. The minimum absolute atomic E-state index is 0.584. The smallest absolute Gasteiger partial charge is 0.164 e. The molecule has 1 spiro atoms. The van der Waals surface area contributed by atoms with Gasteiger partial charge < -0.3 is 0 Å². The summed E-state index contributed by atoms with van der Waals surface area (Å²) in [6.45, 7) is 0. The Labute approximate surface area is 297 Å². The van der Waals surface area contributed by atoms with Crippen molar-refractivity contribution >= 4 is 11.6 Å². The van der Waals surface area contributed by atoms with Gasteiger partial charge in [-0.2, -0.15) is 0 Å². The van der Waals surface area contributed by atoms with Gasteiger partial charge in [0.1, 0.15) is 0 Å². The van der Waals surface area contributed by atoms with Crippen LogP contribution in [0.1, 0.15) is 38.9 Å². The van der Waals surface area contributed by atoms with Gasteiger partial charge in [0.15, 0.2) is 17.5 Å². The van der Waals surface area contributed by atoms with Gasteiger partial charge >= 0.3 is 0 Å². The van der Waals surface area contributed by atoms with E-state index in [-0.39, 0.29) is 0 Å². The fourth-order valence-corrected chi connectivity index (χ4v) is 8.18. The molecular formula is C48H31N3. The lowest BCUT2D eigenvalue weighted by Crippen LogP contribution is -2.30. The van der Waals surface area contributed by atoms with E-state index in [1.807, 2.05) is 36.4 Å². The summed E-state index contributed by atoms with van der Waals surface area (Å²) in [7, 11) is 0. The van der Waals surface area contributed by atoms with Crippen LogP contribution in [-0.4, -0.2) is 15.0 Å². The van der Waals surface area contributed by atoms with E-state index in [0.29, 0.717) is 17.5 Å². The summed E-state index contributed by atoms with van der Waals surface area (Å²) in [5, 5.41) is 0. The summed E-state index contributed by atoms with van der Waals surface area (Å²) in [5.74, 6) is 1.95. The summed E-state index contributed by atoms with van der Waals surface area (Å²) < 4.78 is 0. The maximum absolute atomic E-state index is 5.13. The maximum Gasteiger partial charge on any atom is 0.164 e. The second-order valence-electron chi connectivity index (χ2n) is 13.2. The number of aromatic nitrogens is 3. The third kappa shape index (κ3) is 4.56. The van der Waals surface area contributed by atoms with Gasteiger partial charge in [0.05, 0.1) is 5.41 Å². The van der Waals surface area contributed by atoms with Crippen LogP contribution < -0.4 is 0 Å². The lowest BCUT2D eigenvalue weighted by Gasteiger charge is -2.35. The van der Waals surface area contributed by atoms with E-state index in [1.54, 1.807) is 0 Å². The van der Waals surface area contributed by atoms with Crippen LogP contribution in [0.4, 0.5) is 0 Å². The molecule has 7 aromatic carbocycles. The van der Waals surface area contributed by atoms with Crippen molar-refractivity contribution < 1.29 is 0 Å². The van der Waals surface area contributed by atoms with Gasteiger partial charge in [0.25, 0.3) is 0 Å². The highest BCUT2D eigenvalue weighted by molar-refractivity contribution is 5.99. The quantitative estimate of drug-likeness (QED) is 0.190. The van der Waals surface area contributed by atoms with Gasteiger partial charge in [-0.1, -0.05) is 176 Å². The first kappa shape index (κ1) is 29.2. The molecule has 0 saturated heterocycles. The predicted octanol–water partition coefficient (Wildman–Crippen LogP) is 11.1. The van der Waals surface area contributed by atoms with Crippen LogP contribution >= 0.6 is 0 Å². The largest absolute Gasteiger partial charge is 0.208 e. The summed E-state index contributed by atoms with van der Waals surface area (Å²) in [5.41, 5.74) is 14.6. The second kappa shape index (κ2) is 11.7. The molecule has 0 aliphatic heterocycles. The van der Waals surface area contributed by atoms with Crippen LogP contribution in [0.2, 0.25) is 0 Å². The normalized spacial score (nSPS) is 15.3. The predicted molar refractivity (Wildman–Crippen MR) is 207 cm³/mol. The molecule has 0 N–H and O–H groups in total. The molecule has 0 fully saturated rings. The van der Waals surface area contributed by atoms with Crippen LogP contribution in [0.3, 0.4) is 0 Å². The lowest BCUT2D eigenvalue weighted by molar-refractivity contribution is 0.766. The van der Waals surface area contributed by atoms with Crippen LogP contribution in [0.25, 0.3) is 56.9 Å². The molecule has 2 aliphatic rings. The van der Waals surface area contributed by atoms with Gasteiger partial charge in [-0.25, -0.2) is 15.0 Å². The highest BCUT2D eigenvalue weighted by Crippen LogP contribution is 2.59. The number of benzene rings is 7. The van der Waals surface area contributed by atoms with Crippen LogP contribution in [-0.2, 0) is 5.41 Å². The fraction of sp³-hybridized carbons (Fsp3) is 0.0208. The Kier molecular flexibility index (Phi) is 6.71. The molecule has 1 unspecified atom stereocenters. The highest BCUT2D eigenvalue weighted by atomic mass is 15.0. The minimum Gasteiger partial charge on any atom is -0.208 e. The van der Waals surface area contributed by atoms with Crippen molar-refractivity contribution in [2.75, 3.05) is 0 Å². The Bertz CT molecular complexity index is 2570. The molecule has 3 nitrogen and oxygen atoms in total. The molecule has 0 amide bonds. The Morgan fingerprint density at radius 2 is 0.765 bits per heavy atom. The highest BCUT2D eigenvalue weighted by Gasteiger charge is 2.49. The molecule has 51 heavy (non-hydrogen) atoms. The minimum atomic E-state index is -0.584. The van der Waals surface area contributed by atoms with Crippen molar-refractivity contribution in [3.63, 3.8) is 0 Å². The molecule has 0 bridgehead atoms. The summed E-state index contributed by atoms with van der Waals surface area (Å²) >= 11 is 0. The molecule has 0 saturated carbocycles. The van der Waals surface area contributed by atoms with E-state index >= 15 is 0 Å². The molecule has 238 valence electrons. The number of hydrogen-bond acceptors (Lipinski definition) is 3. The van der Waals surface area contributed by atoms with Crippen molar-refractivity contribution in [3.05, 3.63) is 221 Å².